The van der Waals surface area contributed by atoms with Gasteiger partial charge in [-0.15, -0.1) is 0 Å². The summed E-state index contributed by atoms with van der Waals surface area (Å²) in [6.07, 6.45) is 0.458. The Morgan fingerprint density at radius 2 is 2.31 bits per heavy atom. The normalized spacial score (nSPS) is 29.4. The molecule has 1 fully saturated rings. The van der Waals surface area contributed by atoms with Crippen molar-refractivity contribution in [2.24, 2.45) is 0 Å². The van der Waals surface area contributed by atoms with Crippen molar-refractivity contribution in [3.8, 4) is 0 Å². The summed E-state index contributed by atoms with van der Waals surface area (Å²) in [6, 6.07) is 0. The summed E-state index contributed by atoms with van der Waals surface area (Å²) in [4.78, 5) is 0. The standard InChI is InChI=1S/C6H14N2O4S/c1-7-13(10,11)8-4-6(9)2-3-12-5-6/h7-9H,2-5H2,1H3. The first-order chi connectivity index (χ1) is 5.97. The third kappa shape index (κ3) is 3.20. The largest absolute Gasteiger partial charge is 0.386 e. The number of nitrogens with one attached hydrogen (secondary N) is 2. The van der Waals surface area contributed by atoms with Crippen molar-refractivity contribution in [3.63, 3.8) is 0 Å². The van der Waals surface area contributed by atoms with Crippen molar-refractivity contribution in [2.45, 2.75) is 12.0 Å². The molecule has 0 aromatic carbocycles. The van der Waals surface area contributed by atoms with Crippen LogP contribution in [0, 0.1) is 0 Å². The van der Waals surface area contributed by atoms with Crippen molar-refractivity contribution in [2.75, 3.05) is 26.8 Å². The first kappa shape index (κ1) is 10.9. The topological polar surface area (TPSA) is 87.7 Å². The number of aliphatic hydroxyl groups is 1. The lowest BCUT2D eigenvalue weighted by Gasteiger charge is -2.20. The molecule has 0 spiro atoms. The van der Waals surface area contributed by atoms with Crippen LogP contribution in [0.3, 0.4) is 0 Å². The molecule has 0 bridgehead atoms. The predicted molar refractivity (Wildman–Crippen MR) is 46.4 cm³/mol. The zero-order valence-corrected chi connectivity index (χ0v) is 8.23. The smallest absolute Gasteiger partial charge is 0.276 e. The summed E-state index contributed by atoms with van der Waals surface area (Å²) in [5.74, 6) is 0. The van der Waals surface area contributed by atoms with Gasteiger partial charge in [0, 0.05) is 26.6 Å². The first-order valence-electron chi connectivity index (χ1n) is 3.96. The van der Waals surface area contributed by atoms with Crippen LogP contribution in [0.1, 0.15) is 6.42 Å². The first-order valence-corrected chi connectivity index (χ1v) is 5.44. The minimum Gasteiger partial charge on any atom is -0.386 e. The van der Waals surface area contributed by atoms with Gasteiger partial charge in [0.05, 0.1) is 6.61 Å². The molecule has 0 aromatic heterocycles. The third-order valence-electron chi connectivity index (χ3n) is 1.94. The van der Waals surface area contributed by atoms with E-state index < -0.39 is 15.8 Å². The highest BCUT2D eigenvalue weighted by Gasteiger charge is 2.33. The Bertz CT molecular complexity index is 258. The molecule has 3 N–H and O–H groups in total. The molecule has 0 saturated carbocycles. The Morgan fingerprint density at radius 1 is 1.62 bits per heavy atom. The van der Waals surface area contributed by atoms with Crippen LogP contribution in [0.15, 0.2) is 0 Å². The van der Waals surface area contributed by atoms with E-state index in [1.165, 1.54) is 7.05 Å². The Labute approximate surface area is 77.5 Å². The van der Waals surface area contributed by atoms with Crippen molar-refractivity contribution in [1.82, 2.24) is 9.44 Å². The second-order valence-corrected chi connectivity index (χ2v) is 4.76. The molecule has 13 heavy (non-hydrogen) atoms. The minimum absolute atomic E-state index is 0.0177. The van der Waals surface area contributed by atoms with E-state index in [4.69, 9.17) is 4.74 Å². The Hall–Kier alpha value is -0.210. The molecule has 1 atom stereocenters. The Morgan fingerprint density at radius 3 is 2.77 bits per heavy atom. The molecule has 1 saturated heterocycles. The van der Waals surface area contributed by atoms with Crippen molar-refractivity contribution >= 4 is 10.2 Å². The zero-order chi connectivity index (χ0) is 9.95. The SMILES string of the molecule is CNS(=O)(=O)NCC1(O)CCOC1. The molecular formula is C6H14N2O4S. The minimum atomic E-state index is -3.46. The van der Waals surface area contributed by atoms with Gasteiger partial charge in [0.25, 0.3) is 10.2 Å². The molecule has 1 aliphatic heterocycles. The molecule has 1 aliphatic rings. The van der Waals surface area contributed by atoms with Crippen LogP contribution in [0.25, 0.3) is 0 Å². The molecule has 1 heterocycles. The van der Waals surface area contributed by atoms with Crippen LogP contribution in [-0.4, -0.2) is 45.9 Å². The van der Waals surface area contributed by atoms with Crippen molar-refractivity contribution < 1.29 is 18.3 Å². The van der Waals surface area contributed by atoms with E-state index in [-0.39, 0.29) is 13.2 Å². The summed E-state index contributed by atoms with van der Waals surface area (Å²) in [5, 5.41) is 9.67. The van der Waals surface area contributed by atoms with E-state index in [2.05, 4.69) is 9.44 Å². The summed E-state index contributed by atoms with van der Waals surface area (Å²) in [6.45, 7) is 0.632. The van der Waals surface area contributed by atoms with Gasteiger partial charge in [-0.25, -0.2) is 4.72 Å². The van der Waals surface area contributed by atoms with Gasteiger partial charge in [-0.3, -0.25) is 0 Å². The number of hydrogen-bond donors (Lipinski definition) is 3. The molecule has 1 rings (SSSR count). The average molecular weight is 210 g/mol. The van der Waals surface area contributed by atoms with Gasteiger partial charge in [0.2, 0.25) is 0 Å². The molecule has 78 valence electrons. The summed E-state index contributed by atoms with van der Waals surface area (Å²) in [5.41, 5.74) is -1.05. The molecule has 0 aromatic rings. The quantitative estimate of drug-likeness (QED) is 0.510. The monoisotopic (exact) mass is 210 g/mol. The lowest BCUT2D eigenvalue weighted by Crippen LogP contribution is -2.46. The highest BCUT2D eigenvalue weighted by Crippen LogP contribution is 2.16. The zero-order valence-electron chi connectivity index (χ0n) is 7.41. The van der Waals surface area contributed by atoms with Gasteiger partial charge >= 0.3 is 0 Å². The Kier molecular flexibility index (Phi) is 3.25. The fraction of sp³-hybridized carbons (Fsp3) is 1.00. The van der Waals surface area contributed by atoms with E-state index in [1.807, 2.05) is 0 Å². The van der Waals surface area contributed by atoms with Crippen LogP contribution < -0.4 is 9.44 Å². The van der Waals surface area contributed by atoms with Crippen LogP contribution in [-0.2, 0) is 14.9 Å². The second kappa shape index (κ2) is 3.89. The summed E-state index contributed by atoms with van der Waals surface area (Å²) in [7, 11) is -2.16. The highest BCUT2D eigenvalue weighted by atomic mass is 32.2. The average Bonchev–Trinajstić information content (AvgIpc) is 2.50. The maximum Gasteiger partial charge on any atom is 0.276 e. The van der Waals surface area contributed by atoms with Gasteiger partial charge in [-0.05, 0) is 0 Å². The van der Waals surface area contributed by atoms with Gasteiger partial charge < -0.3 is 9.84 Å². The van der Waals surface area contributed by atoms with Gasteiger partial charge in [-0.1, -0.05) is 0 Å². The number of ether oxygens (including phenoxy) is 1. The lowest BCUT2D eigenvalue weighted by atomic mass is 10.1. The van der Waals surface area contributed by atoms with Crippen LogP contribution in [0.4, 0.5) is 0 Å². The predicted octanol–water partition coefficient (Wildman–Crippen LogP) is -1.81. The van der Waals surface area contributed by atoms with E-state index in [0.717, 1.165) is 0 Å². The lowest BCUT2D eigenvalue weighted by molar-refractivity contribution is 0.0314. The number of hydrogen-bond acceptors (Lipinski definition) is 4. The van der Waals surface area contributed by atoms with Gasteiger partial charge in [0.15, 0.2) is 0 Å². The van der Waals surface area contributed by atoms with Gasteiger partial charge in [0.1, 0.15) is 5.60 Å². The van der Waals surface area contributed by atoms with Crippen LogP contribution >= 0.6 is 0 Å². The molecule has 6 nitrogen and oxygen atoms in total. The van der Waals surface area contributed by atoms with E-state index in [1.54, 1.807) is 0 Å². The van der Waals surface area contributed by atoms with Crippen LogP contribution in [0.5, 0.6) is 0 Å². The van der Waals surface area contributed by atoms with Crippen molar-refractivity contribution in [3.05, 3.63) is 0 Å². The summed E-state index contributed by atoms with van der Waals surface area (Å²) >= 11 is 0. The van der Waals surface area contributed by atoms with Crippen LogP contribution in [0.2, 0.25) is 0 Å². The van der Waals surface area contributed by atoms with Crippen molar-refractivity contribution in [1.29, 1.82) is 0 Å². The maximum atomic E-state index is 10.9. The Balaban J connectivity index is 2.42. The molecule has 7 heteroatoms. The van der Waals surface area contributed by atoms with Gasteiger partial charge in [-0.2, -0.15) is 13.1 Å². The molecular weight excluding hydrogens is 196 g/mol. The van der Waals surface area contributed by atoms with E-state index in [9.17, 15) is 13.5 Å². The number of rotatable bonds is 4. The fourth-order valence-corrected chi connectivity index (χ4v) is 1.64. The molecule has 0 radical (unpaired) electrons. The second-order valence-electron chi connectivity index (χ2n) is 3.06. The maximum absolute atomic E-state index is 10.9. The molecule has 1 unspecified atom stereocenters. The fourth-order valence-electron chi connectivity index (χ4n) is 1.04. The summed E-state index contributed by atoms with van der Waals surface area (Å²) < 4.78 is 31.1. The highest BCUT2D eigenvalue weighted by molar-refractivity contribution is 7.87. The molecule has 0 aliphatic carbocycles. The van der Waals surface area contributed by atoms with E-state index in [0.29, 0.717) is 13.0 Å². The molecule has 0 amide bonds. The third-order valence-corrected chi connectivity index (χ3v) is 3.00. The van der Waals surface area contributed by atoms with E-state index >= 15 is 0 Å².